The average molecular weight is 392 g/mol. The van der Waals surface area contributed by atoms with Gasteiger partial charge in [-0.05, 0) is 37.1 Å². The van der Waals surface area contributed by atoms with Gasteiger partial charge in [-0.2, -0.15) is 13.2 Å². The van der Waals surface area contributed by atoms with Gasteiger partial charge in [-0.15, -0.1) is 5.48 Å². The standard InChI is InChI=1S/C21H23F3N2O2/c22-21(23,24)20(27)28-25-18-11-13-26(14-12-18)15-19(16-7-3-1-4-8-16)17-9-5-2-6-10-17/h1-10,18-19,25H,11-15H2. The molecule has 0 unspecified atom stereocenters. The molecule has 150 valence electrons. The lowest BCUT2D eigenvalue weighted by Crippen LogP contribution is -2.45. The second kappa shape index (κ2) is 9.21. The Morgan fingerprint density at radius 2 is 1.50 bits per heavy atom. The van der Waals surface area contributed by atoms with E-state index in [1.807, 2.05) is 36.4 Å². The number of likely N-dealkylation sites (tertiary alicyclic amines) is 1. The highest BCUT2D eigenvalue weighted by Gasteiger charge is 2.41. The number of piperidine rings is 1. The van der Waals surface area contributed by atoms with Crippen LogP contribution in [0.2, 0.25) is 0 Å². The van der Waals surface area contributed by atoms with Crippen molar-refractivity contribution < 1.29 is 22.8 Å². The van der Waals surface area contributed by atoms with Gasteiger partial charge in [0.2, 0.25) is 0 Å². The molecular formula is C21H23F3N2O2. The molecule has 1 fully saturated rings. The molecule has 1 aliphatic heterocycles. The van der Waals surface area contributed by atoms with Crippen molar-refractivity contribution in [2.75, 3.05) is 19.6 Å². The maximum atomic E-state index is 12.2. The molecule has 28 heavy (non-hydrogen) atoms. The van der Waals surface area contributed by atoms with Crippen molar-refractivity contribution in [3.63, 3.8) is 0 Å². The Labute approximate surface area is 162 Å². The van der Waals surface area contributed by atoms with E-state index in [0.717, 1.165) is 19.6 Å². The molecule has 1 N–H and O–H groups in total. The van der Waals surface area contributed by atoms with E-state index in [-0.39, 0.29) is 12.0 Å². The third kappa shape index (κ3) is 5.56. The molecule has 0 aromatic heterocycles. The lowest BCUT2D eigenvalue weighted by Gasteiger charge is -2.34. The van der Waals surface area contributed by atoms with E-state index in [9.17, 15) is 18.0 Å². The highest BCUT2D eigenvalue weighted by Crippen LogP contribution is 2.27. The van der Waals surface area contributed by atoms with Gasteiger partial charge in [0.15, 0.2) is 0 Å². The first-order valence-corrected chi connectivity index (χ1v) is 9.29. The highest BCUT2D eigenvalue weighted by atomic mass is 19.4. The summed E-state index contributed by atoms with van der Waals surface area (Å²) in [4.78, 5) is 17.3. The van der Waals surface area contributed by atoms with Crippen LogP contribution in [0.25, 0.3) is 0 Å². The number of alkyl halides is 3. The molecule has 0 aliphatic carbocycles. The first kappa shape index (κ1) is 20.4. The zero-order chi connectivity index (χ0) is 20.0. The van der Waals surface area contributed by atoms with Crippen LogP contribution < -0.4 is 5.48 Å². The Morgan fingerprint density at radius 1 is 1.00 bits per heavy atom. The summed E-state index contributed by atoms with van der Waals surface area (Å²) >= 11 is 0. The van der Waals surface area contributed by atoms with Crippen molar-refractivity contribution in [1.29, 1.82) is 0 Å². The Morgan fingerprint density at radius 3 is 1.96 bits per heavy atom. The Balaban J connectivity index is 1.56. The Kier molecular flexibility index (Phi) is 6.70. The molecular weight excluding hydrogens is 369 g/mol. The number of rotatable bonds is 6. The van der Waals surface area contributed by atoms with Crippen LogP contribution in [0.4, 0.5) is 13.2 Å². The molecule has 4 nitrogen and oxygen atoms in total. The largest absolute Gasteiger partial charge is 0.492 e. The van der Waals surface area contributed by atoms with Gasteiger partial charge in [-0.1, -0.05) is 60.7 Å². The second-order valence-electron chi connectivity index (χ2n) is 6.95. The number of halogens is 3. The Hall–Kier alpha value is -2.38. The zero-order valence-corrected chi connectivity index (χ0v) is 15.4. The molecule has 1 aliphatic rings. The summed E-state index contributed by atoms with van der Waals surface area (Å²) < 4.78 is 36.6. The minimum absolute atomic E-state index is 0.218. The van der Waals surface area contributed by atoms with Gasteiger partial charge in [0.1, 0.15) is 0 Å². The van der Waals surface area contributed by atoms with Crippen LogP contribution >= 0.6 is 0 Å². The molecule has 0 spiro atoms. The SMILES string of the molecule is O=C(ONC1CCN(CC(c2ccccc2)c2ccccc2)CC1)C(F)(F)F. The molecule has 3 rings (SSSR count). The van der Waals surface area contributed by atoms with Gasteiger partial charge in [0.25, 0.3) is 0 Å². The third-order valence-electron chi connectivity index (χ3n) is 4.98. The summed E-state index contributed by atoms with van der Waals surface area (Å²) in [5.41, 5.74) is 4.73. The van der Waals surface area contributed by atoms with E-state index in [0.29, 0.717) is 12.8 Å². The van der Waals surface area contributed by atoms with E-state index in [1.54, 1.807) is 0 Å². The monoisotopic (exact) mass is 392 g/mol. The van der Waals surface area contributed by atoms with Crippen molar-refractivity contribution in [3.05, 3.63) is 71.8 Å². The first-order chi connectivity index (χ1) is 13.4. The zero-order valence-electron chi connectivity index (χ0n) is 15.4. The van der Waals surface area contributed by atoms with Crippen molar-refractivity contribution in [2.24, 2.45) is 0 Å². The molecule has 1 heterocycles. The van der Waals surface area contributed by atoms with E-state index in [1.165, 1.54) is 11.1 Å². The van der Waals surface area contributed by atoms with Crippen LogP contribution in [0.1, 0.15) is 29.9 Å². The van der Waals surface area contributed by atoms with Gasteiger partial charge in [-0.3, -0.25) is 0 Å². The maximum Gasteiger partial charge on any atom is 0.492 e. The van der Waals surface area contributed by atoms with E-state index in [4.69, 9.17) is 0 Å². The number of nitrogens with zero attached hydrogens (tertiary/aromatic N) is 1. The van der Waals surface area contributed by atoms with Crippen molar-refractivity contribution in [2.45, 2.75) is 31.0 Å². The Bertz CT molecular complexity index is 706. The fourth-order valence-electron chi connectivity index (χ4n) is 3.46. The van der Waals surface area contributed by atoms with Crippen LogP contribution in [0.15, 0.2) is 60.7 Å². The summed E-state index contributed by atoms with van der Waals surface area (Å²) in [5, 5.41) is 0. The number of carbonyl (C=O) groups is 1. The molecule has 0 bridgehead atoms. The molecule has 1 saturated heterocycles. The van der Waals surface area contributed by atoms with Crippen molar-refractivity contribution >= 4 is 5.97 Å². The lowest BCUT2D eigenvalue weighted by molar-refractivity contribution is -0.209. The topological polar surface area (TPSA) is 41.6 Å². The minimum atomic E-state index is -4.98. The highest BCUT2D eigenvalue weighted by molar-refractivity contribution is 5.75. The predicted molar refractivity (Wildman–Crippen MR) is 99.5 cm³/mol. The number of hydroxylamine groups is 1. The molecule has 0 amide bonds. The van der Waals surface area contributed by atoms with Gasteiger partial charge in [0.05, 0.1) is 0 Å². The van der Waals surface area contributed by atoms with E-state index in [2.05, 4.69) is 39.5 Å². The van der Waals surface area contributed by atoms with E-state index < -0.39 is 12.1 Å². The maximum absolute atomic E-state index is 12.2. The number of benzene rings is 2. The van der Waals surface area contributed by atoms with Crippen LogP contribution in [-0.4, -0.2) is 42.7 Å². The predicted octanol–water partition coefficient (Wildman–Crippen LogP) is 3.89. The molecule has 0 atom stereocenters. The normalized spacial score (nSPS) is 16.3. The second-order valence-corrected chi connectivity index (χ2v) is 6.95. The van der Waals surface area contributed by atoms with Crippen LogP contribution in [0.3, 0.4) is 0 Å². The quantitative estimate of drug-likeness (QED) is 0.758. The summed E-state index contributed by atoms with van der Waals surface area (Å²) in [6, 6.07) is 20.3. The molecule has 7 heteroatoms. The van der Waals surface area contributed by atoms with Gasteiger partial charge in [0, 0.05) is 18.5 Å². The molecule has 2 aromatic carbocycles. The number of hydrogen-bond donors (Lipinski definition) is 1. The summed E-state index contributed by atoms with van der Waals surface area (Å²) in [5.74, 6) is -1.99. The number of hydrogen-bond acceptors (Lipinski definition) is 4. The van der Waals surface area contributed by atoms with Crippen LogP contribution in [-0.2, 0) is 9.63 Å². The summed E-state index contributed by atoms with van der Waals surface area (Å²) in [7, 11) is 0. The van der Waals surface area contributed by atoms with Crippen LogP contribution in [0, 0.1) is 0 Å². The molecule has 0 saturated carbocycles. The fourth-order valence-corrected chi connectivity index (χ4v) is 3.46. The van der Waals surface area contributed by atoms with Crippen molar-refractivity contribution in [3.8, 4) is 0 Å². The summed E-state index contributed by atoms with van der Waals surface area (Å²) in [6.45, 7) is 2.26. The van der Waals surface area contributed by atoms with Crippen molar-refractivity contribution in [1.82, 2.24) is 10.4 Å². The van der Waals surface area contributed by atoms with Crippen LogP contribution in [0.5, 0.6) is 0 Å². The number of carbonyl (C=O) groups excluding carboxylic acids is 1. The van der Waals surface area contributed by atoms with Gasteiger partial charge >= 0.3 is 12.1 Å². The van der Waals surface area contributed by atoms with Gasteiger partial charge in [-0.25, -0.2) is 4.79 Å². The van der Waals surface area contributed by atoms with E-state index >= 15 is 0 Å². The summed E-state index contributed by atoms with van der Waals surface area (Å²) in [6.07, 6.45) is -3.75. The third-order valence-corrected chi connectivity index (χ3v) is 4.98. The van der Waals surface area contributed by atoms with Gasteiger partial charge < -0.3 is 9.74 Å². The average Bonchev–Trinajstić information content (AvgIpc) is 2.71. The molecule has 2 aromatic rings. The molecule has 0 radical (unpaired) electrons. The minimum Gasteiger partial charge on any atom is -0.363 e. The number of nitrogens with one attached hydrogen (secondary N) is 1. The first-order valence-electron chi connectivity index (χ1n) is 9.29. The smallest absolute Gasteiger partial charge is 0.363 e. The lowest BCUT2D eigenvalue weighted by atomic mass is 9.90. The fraction of sp³-hybridized carbons (Fsp3) is 0.381.